The first-order valence-corrected chi connectivity index (χ1v) is 7.94. The summed E-state index contributed by atoms with van der Waals surface area (Å²) in [5.74, 6) is 0.827. The van der Waals surface area contributed by atoms with Crippen molar-refractivity contribution in [2.45, 2.75) is 13.5 Å². The predicted octanol–water partition coefficient (Wildman–Crippen LogP) is 4.73. The van der Waals surface area contributed by atoms with Gasteiger partial charge in [-0.2, -0.15) is 0 Å². The minimum Gasteiger partial charge on any atom is -0.487 e. The molecule has 0 aliphatic heterocycles. The molecule has 2 heterocycles. The zero-order valence-electron chi connectivity index (χ0n) is 12.1. The van der Waals surface area contributed by atoms with Crippen molar-refractivity contribution in [2.24, 2.45) is 0 Å². The first-order chi connectivity index (χ1) is 10.8. The Balaban J connectivity index is 1.56. The number of hydrogen-bond donors (Lipinski definition) is 0. The van der Waals surface area contributed by atoms with Crippen molar-refractivity contribution in [1.82, 2.24) is 9.97 Å². The molecule has 0 saturated carbocycles. The smallest absolute Gasteiger partial charge is 0.130 e. The molecule has 3 nitrogen and oxygen atoms in total. The molecule has 0 radical (unpaired) electrons. The number of para-hydroxylation sites is 1. The summed E-state index contributed by atoms with van der Waals surface area (Å²) in [7, 11) is 0. The molecule has 4 rings (SSSR count). The van der Waals surface area contributed by atoms with Gasteiger partial charge in [0.05, 0.1) is 26.4 Å². The van der Waals surface area contributed by atoms with Crippen LogP contribution in [0.5, 0.6) is 5.75 Å². The number of rotatable bonds is 3. The third-order valence-corrected chi connectivity index (χ3v) is 4.46. The molecule has 0 unspecified atom stereocenters. The van der Waals surface area contributed by atoms with Crippen LogP contribution in [0.1, 0.15) is 10.7 Å². The van der Waals surface area contributed by atoms with Gasteiger partial charge in [0.15, 0.2) is 0 Å². The van der Waals surface area contributed by atoms with Crippen molar-refractivity contribution in [1.29, 1.82) is 0 Å². The van der Waals surface area contributed by atoms with E-state index in [4.69, 9.17) is 4.74 Å². The van der Waals surface area contributed by atoms with Crippen LogP contribution in [0.15, 0.2) is 54.6 Å². The lowest BCUT2D eigenvalue weighted by molar-refractivity contribution is 0.302. The summed E-state index contributed by atoms with van der Waals surface area (Å²) in [6.45, 7) is 2.48. The molecule has 0 atom stereocenters. The van der Waals surface area contributed by atoms with Gasteiger partial charge in [-0.05, 0) is 31.2 Å². The molecule has 4 heteroatoms. The number of fused-ring (bicyclic) bond motifs is 2. The molecule has 4 aromatic rings. The van der Waals surface area contributed by atoms with Gasteiger partial charge in [-0.3, -0.25) is 0 Å². The SMILES string of the molecule is Cc1nc2cc(OCc3ccc4ccccc4n3)ccc2s1. The molecular formula is C18H14N2OS. The minimum atomic E-state index is 0.458. The highest BCUT2D eigenvalue weighted by Gasteiger charge is 2.04. The minimum absolute atomic E-state index is 0.458. The fourth-order valence-electron chi connectivity index (χ4n) is 2.46. The van der Waals surface area contributed by atoms with E-state index in [-0.39, 0.29) is 0 Å². The van der Waals surface area contributed by atoms with Gasteiger partial charge in [0.1, 0.15) is 12.4 Å². The second-order valence-electron chi connectivity index (χ2n) is 5.15. The molecule has 0 bridgehead atoms. The molecule has 0 spiro atoms. The van der Waals surface area contributed by atoms with Crippen molar-refractivity contribution in [3.8, 4) is 5.75 Å². The molecule has 0 amide bonds. The zero-order chi connectivity index (χ0) is 14.9. The van der Waals surface area contributed by atoms with Crippen molar-refractivity contribution < 1.29 is 4.74 Å². The van der Waals surface area contributed by atoms with Gasteiger partial charge < -0.3 is 4.74 Å². The Morgan fingerprint density at radius 1 is 0.955 bits per heavy atom. The zero-order valence-corrected chi connectivity index (χ0v) is 12.9. The van der Waals surface area contributed by atoms with E-state index < -0.39 is 0 Å². The fraction of sp³-hybridized carbons (Fsp3) is 0.111. The summed E-state index contributed by atoms with van der Waals surface area (Å²) in [6, 6.07) is 18.2. The quantitative estimate of drug-likeness (QED) is 0.549. The van der Waals surface area contributed by atoms with Crippen molar-refractivity contribution >= 4 is 32.5 Å². The van der Waals surface area contributed by atoms with Gasteiger partial charge in [0, 0.05) is 11.5 Å². The monoisotopic (exact) mass is 306 g/mol. The first-order valence-electron chi connectivity index (χ1n) is 7.13. The summed E-state index contributed by atoms with van der Waals surface area (Å²) >= 11 is 1.70. The second-order valence-corrected chi connectivity index (χ2v) is 6.38. The standard InChI is InChI=1S/C18H14N2OS/c1-12-19-17-10-15(8-9-18(17)22-12)21-11-14-7-6-13-4-2-3-5-16(13)20-14/h2-10H,11H2,1H3. The molecular weight excluding hydrogens is 292 g/mol. The summed E-state index contributed by atoms with van der Waals surface area (Å²) in [6.07, 6.45) is 0. The number of benzene rings is 2. The van der Waals surface area contributed by atoms with Crippen LogP contribution in [-0.2, 0) is 6.61 Å². The predicted molar refractivity (Wildman–Crippen MR) is 90.4 cm³/mol. The molecule has 0 N–H and O–H groups in total. The number of pyridine rings is 1. The third kappa shape index (κ3) is 2.53. The van der Waals surface area contributed by atoms with Crippen molar-refractivity contribution in [3.05, 3.63) is 65.3 Å². The van der Waals surface area contributed by atoms with E-state index >= 15 is 0 Å². The molecule has 0 aliphatic rings. The lowest BCUT2D eigenvalue weighted by Gasteiger charge is -2.06. The molecule has 0 saturated heterocycles. The van der Waals surface area contributed by atoms with Gasteiger partial charge in [-0.1, -0.05) is 24.3 Å². The highest BCUT2D eigenvalue weighted by atomic mass is 32.1. The van der Waals surface area contributed by atoms with Gasteiger partial charge in [-0.15, -0.1) is 11.3 Å². The number of ether oxygens (including phenoxy) is 1. The number of nitrogens with zero attached hydrogens (tertiary/aromatic N) is 2. The normalized spacial score (nSPS) is 11.1. The van der Waals surface area contributed by atoms with Gasteiger partial charge in [-0.25, -0.2) is 9.97 Å². The Hall–Kier alpha value is -2.46. The highest BCUT2D eigenvalue weighted by molar-refractivity contribution is 7.18. The van der Waals surface area contributed by atoms with Crippen molar-refractivity contribution in [2.75, 3.05) is 0 Å². The molecule has 2 aromatic carbocycles. The maximum Gasteiger partial charge on any atom is 0.130 e. The summed E-state index contributed by atoms with van der Waals surface area (Å²) in [4.78, 5) is 9.11. The average molecular weight is 306 g/mol. The Kier molecular flexibility index (Phi) is 3.24. The number of aryl methyl sites for hydroxylation is 1. The average Bonchev–Trinajstić information content (AvgIpc) is 2.92. The highest BCUT2D eigenvalue weighted by Crippen LogP contribution is 2.26. The van der Waals surface area contributed by atoms with Crippen LogP contribution < -0.4 is 4.74 Å². The van der Waals surface area contributed by atoms with Crippen LogP contribution in [0.3, 0.4) is 0 Å². The van der Waals surface area contributed by atoms with Crippen LogP contribution in [0.4, 0.5) is 0 Å². The van der Waals surface area contributed by atoms with Crippen LogP contribution in [0.25, 0.3) is 21.1 Å². The second kappa shape index (κ2) is 5.39. The van der Waals surface area contributed by atoms with Crippen LogP contribution in [-0.4, -0.2) is 9.97 Å². The Morgan fingerprint density at radius 2 is 1.86 bits per heavy atom. The molecule has 2 aromatic heterocycles. The Morgan fingerprint density at radius 3 is 2.82 bits per heavy atom. The van der Waals surface area contributed by atoms with E-state index in [9.17, 15) is 0 Å². The summed E-state index contributed by atoms with van der Waals surface area (Å²) < 4.78 is 7.05. The van der Waals surface area contributed by atoms with Crippen LogP contribution in [0, 0.1) is 6.92 Å². The van der Waals surface area contributed by atoms with E-state index in [0.29, 0.717) is 6.61 Å². The molecule has 22 heavy (non-hydrogen) atoms. The van der Waals surface area contributed by atoms with E-state index in [0.717, 1.165) is 32.9 Å². The van der Waals surface area contributed by atoms with E-state index in [2.05, 4.69) is 28.2 Å². The number of aromatic nitrogens is 2. The Bertz CT molecular complexity index is 962. The van der Waals surface area contributed by atoms with Gasteiger partial charge >= 0.3 is 0 Å². The first kappa shape index (κ1) is 13.2. The number of thiazole rings is 1. The largest absolute Gasteiger partial charge is 0.487 e. The van der Waals surface area contributed by atoms with E-state index in [1.54, 1.807) is 11.3 Å². The van der Waals surface area contributed by atoms with Gasteiger partial charge in [0.25, 0.3) is 0 Å². The summed E-state index contributed by atoms with van der Waals surface area (Å²) in [5.41, 5.74) is 2.91. The summed E-state index contributed by atoms with van der Waals surface area (Å²) in [5, 5.41) is 2.22. The number of hydrogen-bond acceptors (Lipinski definition) is 4. The molecule has 108 valence electrons. The lowest BCUT2D eigenvalue weighted by Crippen LogP contribution is -1.98. The van der Waals surface area contributed by atoms with E-state index in [1.807, 2.05) is 43.3 Å². The fourth-order valence-corrected chi connectivity index (χ4v) is 3.27. The Labute approximate surface area is 132 Å². The van der Waals surface area contributed by atoms with Crippen molar-refractivity contribution in [3.63, 3.8) is 0 Å². The van der Waals surface area contributed by atoms with Gasteiger partial charge in [0.2, 0.25) is 0 Å². The third-order valence-electron chi connectivity index (χ3n) is 3.51. The van der Waals surface area contributed by atoms with Crippen LogP contribution >= 0.6 is 11.3 Å². The lowest BCUT2D eigenvalue weighted by atomic mass is 10.2. The maximum absolute atomic E-state index is 5.86. The molecule has 0 fully saturated rings. The van der Waals surface area contributed by atoms with Crippen LogP contribution in [0.2, 0.25) is 0 Å². The topological polar surface area (TPSA) is 35.0 Å². The van der Waals surface area contributed by atoms with E-state index in [1.165, 1.54) is 4.70 Å². The molecule has 0 aliphatic carbocycles. The maximum atomic E-state index is 5.86.